The van der Waals surface area contributed by atoms with Crippen LogP contribution in [-0.4, -0.2) is 26.7 Å². The van der Waals surface area contributed by atoms with E-state index in [1.54, 1.807) is 0 Å². The molecule has 0 amide bonds. The van der Waals surface area contributed by atoms with Crippen molar-refractivity contribution in [2.24, 2.45) is 0 Å². The average Bonchev–Trinajstić information content (AvgIpc) is 1.25. The molecule has 0 aliphatic carbocycles. The van der Waals surface area contributed by atoms with E-state index in [-0.39, 0.29) is 51.3 Å². The largest absolute Gasteiger partial charge is 1.00 e. The molecule has 0 heterocycles. The van der Waals surface area contributed by atoms with E-state index < -0.39 is 11.2 Å². The number of rotatable bonds is 0. The van der Waals surface area contributed by atoms with Crippen molar-refractivity contribution >= 4 is 6.16 Å². The summed E-state index contributed by atoms with van der Waals surface area (Å²) in [6.07, 6.45) is -1.83. The van der Waals surface area contributed by atoms with Crippen LogP contribution in [-0.2, 0) is 0 Å². The van der Waals surface area contributed by atoms with E-state index in [0.29, 0.717) is 0 Å². The molecule has 0 unspecified atom stereocenters. The normalized spacial score (nSPS) is 4.80. The van der Waals surface area contributed by atoms with E-state index in [1.807, 2.05) is 0 Å². The van der Waals surface area contributed by atoms with E-state index in [4.69, 9.17) is 30.3 Å². The monoisotopic (exact) mass is 157 g/mol. The smallest absolute Gasteiger partial charge is 1.00 e. The fraction of sp³-hybridized carbons (Fsp3) is 0. The molecule has 7 nitrogen and oxygen atoms in total. The van der Waals surface area contributed by atoms with Crippen molar-refractivity contribution in [3.8, 4) is 0 Å². The first kappa shape index (κ1) is 22.5. The minimum atomic E-state index is -1.83. The Morgan fingerprint density at radius 1 is 1.50 bits per heavy atom. The Balaban J connectivity index is -0.0000000112. The number of carbonyl (C=O) groups is 1. The zero-order valence-electron chi connectivity index (χ0n) is 7.51. The molecule has 0 saturated carbocycles. The molecule has 0 aliphatic rings. The summed E-state index contributed by atoms with van der Waals surface area (Å²) in [7, 11) is 0. The van der Waals surface area contributed by atoms with E-state index in [2.05, 4.69) is 0 Å². The van der Waals surface area contributed by atoms with Gasteiger partial charge in [-0.3, -0.25) is 0 Å². The first-order valence-corrected chi connectivity index (χ1v) is 1.22. The molecule has 0 fully saturated rings. The van der Waals surface area contributed by atoms with E-state index in [1.165, 1.54) is 0 Å². The predicted molar refractivity (Wildman–Crippen MR) is 21.7 cm³/mol. The van der Waals surface area contributed by atoms with Gasteiger partial charge in [-0.25, -0.2) is 4.79 Å². The molecule has 52 valence electrons. The maximum atomic E-state index is 8.56. The molecule has 0 radical (unpaired) electrons. The second-order valence-electron chi connectivity index (χ2n) is 0.520. The zero-order chi connectivity index (χ0) is 7.15. The Bertz CT molecular complexity index is 83.5. The van der Waals surface area contributed by atoms with Gasteiger partial charge in [-0.15, -0.1) is 10.1 Å². The van der Waals surface area contributed by atoms with Crippen LogP contribution >= 0.6 is 0 Å². The molecule has 0 spiro atoms. The van der Waals surface area contributed by atoms with Crippen LogP contribution in [0.3, 0.4) is 0 Å². The summed E-state index contributed by atoms with van der Waals surface area (Å²) >= 11 is 0. The number of hydrogen-bond donors (Lipinski definition) is 3. The number of hydrogen-bond acceptors (Lipinski definition) is 3. The SMILES string of the molecule is O=C(O)O.O=[N+]([O-])O.[H-].[H-].[Li+].[Na+]. The Labute approximate surface area is 92.6 Å². The third kappa shape index (κ3) is 88700. The molecular formula is CH5LiNNaO6. The van der Waals surface area contributed by atoms with Gasteiger partial charge < -0.3 is 18.3 Å². The van der Waals surface area contributed by atoms with Crippen LogP contribution in [0.5, 0.6) is 0 Å². The van der Waals surface area contributed by atoms with Gasteiger partial charge in [0.25, 0.3) is 5.09 Å². The van der Waals surface area contributed by atoms with Gasteiger partial charge in [0.1, 0.15) is 0 Å². The molecule has 0 aromatic heterocycles. The summed E-state index contributed by atoms with van der Waals surface area (Å²) in [6.45, 7) is 0. The summed E-state index contributed by atoms with van der Waals surface area (Å²) < 4.78 is 0. The third-order valence-corrected chi connectivity index (χ3v) is 0. The van der Waals surface area contributed by atoms with Crippen LogP contribution in [0, 0.1) is 10.1 Å². The van der Waals surface area contributed by atoms with Crippen molar-refractivity contribution in [1.82, 2.24) is 0 Å². The quantitative estimate of drug-likeness (QED) is 0.183. The third-order valence-electron chi connectivity index (χ3n) is 0. The molecule has 9 heteroatoms. The second kappa shape index (κ2) is 16.0. The van der Waals surface area contributed by atoms with Gasteiger partial charge in [0.15, 0.2) is 0 Å². The van der Waals surface area contributed by atoms with Gasteiger partial charge in [0.2, 0.25) is 0 Å². The number of nitrogens with zero attached hydrogens (tertiary/aromatic N) is 1. The Kier molecular flexibility index (Phi) is 36.0. The predicted octanol–water partition coefficient (Wildman–Crippen LogP) is -5.89. The molecule has 0 bridgehead atoms. The molecular weight excluding hydrogens is 152 g/mol. The fourth-order valence-electron chi connectivity index (χ4n) is 0. The first-order chi connectivity index (χ1) is 3.46. The summed E-state index contributed by atoms with van der Waals surface area (Å²) in [5.41, 5.74) is 0. The van der Waals surface area contributed by atoms with Crippen LogP contribution < -0.4 is 48.4 Å². The van der Waals surface area contributed by atoms with E-state index in [9.17, 15) is 0 Å². The Hall–Kier alpha value is 0.0674. The van der Waals surface area contributed by atoms with Crippen LogP contribution in [0.1, 0.15) is 2.85 Å². The maximum Gasteiger partial charge on any atom is 1.00 e. The topological polar surface area (TPSA) is 121 Å². The average molecular weight is 157 g/mol. The summed E-state index contributed by atoms with van der Waals surface area (Å²) in [5, 5.41) is 27.6. The van der Waals surface area contributed by atoms with Crippen molar-refractivity contribution in [3.05, 3.63) is 10.1 Å². The molecule has 0 rings (SSSR count). The standard InChI is InChI=1S/CH2O3.Li.HNO3.Na.2H/c2-1(3)4;;2-1(3)4;;;/h(H2,2,3,4);;(H,2,3,4);;;/q;+1;;+1;2*-1. The molecule has 0 saturated heterocycles. The molecule has 3 N–H and O–H groups in total. The summed E-state index contributed by atoms with van der Waals surface area (Å²) in [6, 6.07) is 0. The second-order valence-corrected chi connectivity index (χ2v) is 0.520. The molecule has 0 atom stereocenters. The molecule has 0 aromatic carbocycles. The van der Waals surface area contributed by atoms with Crippen LogP contribution in [0.4, 0.5) is 4.79 Å². The van der Waals surface area contributed by atoms with Gasteiger partial charge in [-0.2, -0.15) is 0 Å². The Morgan fingerprint density at radius 3 is 1.50 bits per heavy atom. The van der Waals surface area contributed by atoms with Crippen LogP contribution in [0.2, 0.25) is 0 Å². The van der Waals surface area contributed by atoms with Crippen LogP contribution in [0.25, 0.3) is 0 Å². The van der Waals surface area contributed by atoms with E-state index >= 15 is 0 Å². The summed E-state index contributed by atoms with van der Waals surface area (Å²) in [5.74, 6) is 0. The zero-order valence-corrected chi connectivity index (χ0v) is 7.51. The van der Waals surface area contributed by atoms with Crippen LogP contribution in [0.15, 0.2) is 0 Å². The maximum absolute atomic E-state index is 8.56. The van der Waals surface area contributed by atoms with Crippen molar-refractivity contribution in [2.45, 2.75) is 0 Å². The fourth-order valence-corrected chi connectivity index (χ4v) is 0. The minimum absolute atomic E-state index is 0. The minimum Gasteiger partial charge on any atom is -1.00 e. The number of carboxylic acid groups (broad SMARTS) is 2. The van der Waals surface area contributed by atoms with Gasteiger partial charge in [0, 0.05) is 0 Å². The molecule has 0 aromatic rings. The van der Waals surface area contributed by atoms with Crippen molar-refractivity contribution in [1.29, 1.82) is 0 Å². The van der Waals surface area contributed by atoms with Crippen molar-refractivity contribution < 1.29 is 76.6 Å². The van der Waals surface area contributed by atoms with Gasteiger partial charge in [-0.05, 0) is 0 Å². The molecule has 10 heavy (non-hydrogen) atoms. The van der Waals surface area contributed by atoms with Crippen molar-refractivity contribution in [3.63, 3.8) is 0 Å². The summed E-state index contributed by atoms with van der Waals surface area (Å²) in [4.78, 5) is 16.9. The molecule has 0 aliphatic heterocycles. The van der Waals surface area contributed by atoms with Gasteiger partial charge in [0.05, 0.1) is 0 Å². The van der Waals surface area contributed by atoms with E-state index in [0.717, 1.165) is 0 Å². The Morgan fingerprint density at radius 2 is 1.50 bits per heavy atom. The van der Waals surface area contributed by atoms with Gasteiger partial charge >= 0.3 is 54.6 Å². The van der Waals surface area contributed by atoms with Gasteiger partial charge in [-0.1, -0.05) is 0 Å². The first-order valence-electron chi connectivity index (χ1n) is 1.22. The van der Waals surface area contributed by atoms with Crippen molar-refractivity contribution in [2.75, 3.05) is 0 Å².